The Kier molecular flexibility index (Phi) is 56.9. The van der Waals surface area contributed by atoms with Crippen LogP contribution in [0.15, 0.2) is 12.2 Å². The molecule has 12 unspecified atom stereocenters. The van der Waals surface area contributed by atoms with E-state index in [1.807, 2.05) is 0 Å². The predicted molar refractivity (Wildman–Crippen MR) is 365 cm³/mol. The van der Waals surface area contributed by atoms with Crippen LogP contribution >= 0.6 is 0 Å². The van der Waals surface area contributed by atoms with Crippen molar-refractivity contribution in [3.8, 4) is 0 Å². The fourth-order valence-corrected chi connectivity index (χ4v) is 13.1. The van der Waals surface area contributed by atoms with Gasteiger partial charge in [0.2, 0.25) is 5.91 Å². The van der Waals surface area contributed by atoms with Gasteiger partial charge in [-0.2, -0.15) is 0 Å². The first-order valence-electron chi connectivity index (χ1n) is 38.4. The van der Waals surface area contributed by atoms with Crippen molar-refractivity contribution < 1.29 is 64.6 Å². The number of nitrogens with one attached hydrogen (secondary N) is 1. The van der Waals surface area contributed by atoms with Crippen LogP contribution in [0.3, 0.4) is 0 Å². The van der Waals surface area contributed by atoms with Gasteiger partial charge in [-0.3, -0.25) is 4.79 Å². The second kappa shape index (κ2) is 60.4. The second-order valence-electron chi connectivity index (χ2n) is 27.5. The Balaban J connectivity index is 1.63. The largest absolute Gasteiger partial charge is 0.394 e. The summed E-state index contributed by atoms with van der Waals surface area (Å²) in [7, 11) is 0. The maximum absolute atomic E-state index is 13.4. The third kappa shape index (κ3) is 44.2. The summed E-state index contributed by atoms with van der Waals surface area (Å²) in [6.07, 6.45) is 58.1. The molecule has 0 saturated carbocycles. The third-order valence-electron chi connectivity index (χ3n) is 19.2. The van der Waals surface area contributed by atoms with Crippen molar-refractivity contribution in [2.45, 2.75) is 441 Å². The molecule has 89 heavy (non-hydrogen) atoms. The number of aliphatic hydroxyl groups excluding tert-OH is 8. The van der Waals surface area contributed by atoms with Gasteiger partial charge in [0, 0.05) is 6.42 Å². The molecular weight excluding hydrogens is 1120 g/mol. The molecule has 0 spiro atoms. The molecule has 14 nitrogen and oxygen atoms in total. The van der Waals surface area contributed by atoms with E-state index in [9.17, 15) is 45.6 Å². The van der Waals surface area contributed by atoms with Crippen LogP contribution in [0.2, 0.25) is 0 Å². The van der Waals surface area contributed by atoms with Crippen molar-refractivity contribution in [3.63, 3.8) is 0 Å². The number of carbonyl (C=O) groups is 1. The van der Waals surface area contributed by atoms with Crippen molar-refractivity contribution in [2.24, 2.45) is 0 Å². The van der Waals surface area contributed by atoms with E-state index < -0.39 is 86.8 Å². The zero-order chi connectivity index (χ0) is 64.5. The summed E-state index contributed by atoms with van der Waals surface area (Å²) < 4.78 is 23.0. The topological polar surface area (TPSA) is 228 Å². The Morgan fingerprint density at radius 1 is 0.393 bits per heavy atom. The van der Waals surface area contributed by atoms with E-state index in [1.54, 1.807) is 0 Å². The lowest BCUT2D eigenvalue weighted by molar-refractivity contribution is -0.359. The van der Waals surface area contributed by atoms with Crippen LogP contribution in [0.25, 0.3) is 0 Å². The van der Waals surface area contributed by atoms with Crippen molar-refractivity contribution in [1.82, 2.24) is 5.32 Å². The molecule has 0 aromatic heterocycles. The molecule has 2 heterocycles. The first-order valence-corrected chi connectivity index (χ1v) is 38.4. The highest BCUT2D eigenvalue weighted by Crippen LogP contribution is 2.30. The molecule has 14 heteroatoms. The molecule has 9 N–H and O–H groups in total. The van der Waals surface area contributed by atoms with Crippen molar-refractivity contribution in [2.75, 3.05) is 19.8 Å². The second-order valence-corrected chi connectivity index (χ2v) is 27.5. The lowest BCUT2D eigenvalue weighted by atomic mass is 9.97. The number of hydrogen-bond donors (Lipinski definition) is 9. The van der Waals surface area contributed by atoms with Crippen LogP contribution in [0.4, 0.5) is 0 Å². The number of ether oxygens (including phenoxy) is 4. The Hall–Kier alpha value is -1.27. The smallest absolute Gasteiger partial charge is 0.220 e. The minimum atomic E-state index is -1.78. The maximum Gasteiger partial charge on any atom is 0.220 e. The molecule has 0 bridgehead atoms. The summed E-state index contributed by atoms with van der Waals surface area (Å²) >= 11 is 0. The quantitative estimate of drug-likeness (QED) is 0.0204. The van der Waals surface area contributed by atoms with E-state index >= 15 is 0 Å². The molecule has 2 aliphatic heterocycles. The summed E-state index contributed by atoms with van der Waals surface area (Å²) in [4.78, 5) is 13.4. The number of amides is 1. The molecule has 2 aliphatic rings. The highest BCUT2D eigenvalue weighted by Gasteiger charge is 2.51. The fraction of sp³-hybridized carbons (Fsp3) is 0.960. The average Bonchev–Trinajstić information content (AvgIpc) is 1.37. The molecule has 1 amide bonds. The summed E-state index contributed by atoms with van der Waals surface area (Å²) in [5.41, 5.74) is 0. The van der Waals surface area contributed by atoms with Gasteiger partial charge in [-0.15, -0.1) is 0 Å². The predicted octanol–water partition coefficient (Wildman–Crippen LogP) is 16.5. The van der Waals surface area contributed by atoms with Crippen molar-refractivity contribution >= 4 is 5.91 Å². The summed E-state index contributed by atoms with van der Waals surface area (Å²) in [5.74, 6) is -0.199. The van der Waals surface area contributed by atoms with Crippen LogP contribution in [0, 0.1) is 0 Å². The average molecular weight is 1270 g/mol. The van der Waals surface area contributed by atoms with E-state index in [0.717, 1.165) is 51.4 Å². The van der Waals surface area contributed by atoms with E-state index in [0.29, 0.717) is 12.8 Å². The zero-order valence-electron chi connectivity index (χ0n) is 57.7. The van der Waals surface area contributed by atoms with E-state index in [-0.39, 0.29) is 12.5 Å². The lowest BCUT2D eigenvalue weighted by Crippen LogP contribution is -2.65. The minimum Gasteiger partial charge on any atom is -0.394 e. The van der Waals surface area contributed by atoms with Crippen LogP contribution in [0.5, 0.6) is 0 Å². The van der Waals surface area contributed by atoms with E-state index in [2.05, 4.69) is 31.3 Å². The molecule has 2 saturated heterocycles. The normalized spacial score (nSPS) is 23.0. The SMILES string of the molecule is CCCCCCCCCC/C=C\CCCCCCCCCCCCCCCC(=O)NC(COC1OC(CO)C(OC2OC(CO)C(O)C(O)C2O)C(O)C1O)C(O)CCCCCCCCCCCCCCCCCCCCCCCCCCCCCCCC. The number of hydrogen-bond acceptors (Lipinski definition) is 13. The zero-order valence-corrected chi connectivity index (χ0v) is 57.7. The van der Waals surface area contributed by atoms with Gasteiger partial charge in [-0.1, -0.05) is 334 Å². The van der Waals surface area contributed by atoms with Gasteiger partial charge in [0.25, 0.3) is 0 Å². The van der Waals surface area contributed by atoms with Gasteiger partial charge in [-0.25, -0.2) is 0 Å². The van der Waals surface area contributed by atoms with Gasteiger partial charge < -0.3 is 65.1 Å². The number of rotatable bonds is 65. The van der Waals surface area contributed by atoms with E-state index in [1.165, 1.54) is 289 Å². The summed E-state index contributed by atoms with van der Waals surface area (Å²) in [6.45, 7) is 2.93. The lowest BCUT2D eigenvalue weighted by Gasteiger charge is -2.46. The van der Waals surface area contributed by atoms with Crippen molar-refractivity contribution in [1.29, 1.82) is 0 Å². The highest BCUT2D eigenvalue weighted by molar-refractivity contribution is 5.76. The molecule has 0 aromatic rings. The number of aliphatic hydroxyl groups is 8. The summed E-state index contributed by atoms with van der Waals surface area (Å²) in [6, 6.07) is -0.828. The van der Waals surface area contributed by atoms with Crippen LogP contribution in [-0.2, 0) is 23.7 Å². The number of unbranched alkanes of at least 4 members (excludes halogenated alkanes) is 50. The van der Waals surface area contributed by atoms with Gasteiger partial charge in [0.15, 0.2) is 12.6 Å². The maximum atomic E-state index is 13.4. The Morgan fingerprint density at radius 3 is 1.07 bits per heavy atom. The molecule has 528 valence electrons. The monoisotopic (exact) mass is 1270 g/mol. The van der Waals surface area contributed by atoms with Gasteiger partial charge >= 0.3 is 0 Å². The molecular formula is C75H145NO13. The minimum absolute atomic E-state index is 0.199. The molecule has 12 atom stereocenters. The fourth-order valence-electron chi connectivity index (χ4n) is 13.1. The molecule has 2 rings (SSSR count). The van der Waals surface area contributed by atoms with Crippen molar-refractivity contribution in [3.05, 3.63) is 12.2 Å². The third-order valence-corrected chi connectivity index (χ3v) is 19.2. The first kappa shape index (κ1) is 83.8. The number of carbonyl (C=O) groups excluding carboxylic acids is 1. The Bertz CT molecular complexity index is 1540. The van der Waals surface area contributed by atoms with Gasteiger partial charge in [0.1, 0.15) is 48.8 Å². The van der Waals surface area contributed by atoms with Gasteiger partial charge in [0.05, 0.1) is 32.0 Å². The van der Waals surface area contributed by atoms with Gasteiger partial charge in [-0.05, 0) is 38.5 Å². The highest BCUT2D eigenvalue weighted by atomic mass is 16.7. The molecule has 0 aliphatic carbocycles. The standard InChI is InChI=1S/C75H145NO13/c1-3-5-7-9-11-13-15-17-19-21-23-25-27-29-30-31-32-33-35-36-38-40-42-44-46-48-50-52-54-56-58-64(79)63(62-86-74-72(85)70(83)73(66(61-78)88-74)89-75-71(84)69(82)68(81)65(60-77)87-75)76-67(80)59-57-55-53-51-49-47-45-43-41-39-37-34-28-26-24-22-20-18-16-14-12-10-8-6-4-2/h22,24,63-66,68-75,77-79,81-85H,3-21,23,25-62H2,1-2H3,(H,76,80)/b24-22-. The van der Waals surface area contributed by atoms with Crippen LogP contribution < -0.4 is 5.32 Å². The Morgan fingerprint density at radius 2 is 0.708 bits per heavy atom. The van der Waals surface area contributed by atoms with Crippen LogP contribution in [-0.4, -0.2) is 140 Å². The first-order chi connectivity index (χ1) is 43.6. The Labute approximate surface area is 546 Å². The molecule has 2 fully saturated rings. The summed E-state index contributed by atoms with van der Waals surface area (Å²) in [5, 5.41) is 87.8. The number of allylic oxidation sites excluding steroid dienone is 2. The van der Waals surface area contributed by atoms with E-state index in [4.69, 9.17) is 18.9 Å². The van der Waals surface area contributed by atoms with Crippen LogP contribution in [0.1, 0.15) is 367 Å². The molecule has 0 radical (unpaired) electrons. The molecule has 0 aromatic carbocycles.